The third-order valence-electron chi connectivity index (χ3n) is 0. The van der Waals surface area contributed by atoms with E-state index in [0.717, 1.165) is 0 Å². The third-order valence-corrected chi connectivity index (χ3v) is 0. The summed E-state index contributed by atoms with van der Waals surface area (Å²) in [5.74, 6) is 0. The molecule has 0 rings (SSSR count). The molecule has 57 valence electrons. The largest absolute Gasteiger partial charge is 3.00 e. The summed E-state index contributed by atoms with van der Waals surface area (Å²) in [6.45, 7) is 5.56. The van der Waals surface area contributed by atoms with Crippen molar-refractivity contribution in [1.82, 2.24) is 0 Å². The van der Waals surface area contributed by atoms with E-state index in [9.17, 15) is 0 Å². The molecule has 0 aromatic rings. The van der Waals surface area contributed by atoms with Crippen LogP contribution in [0.15, 0.2) is 0 Å². The van der Waals surface area contributed by atoms with Gasteiger partial charge in [-0.2, -0.15) is 0 Å². The molecule has 1 radical (unpaired) electrons. The van der Waals surface area contributed by atoms with Gasteiger partial charge in [0.05, 0.1) is 0 Å². The Morgan fingerprint density at radius 1 is 1.00 bits per heavy atom. The average molecular weight is 223 g/mol. The molecule has 1 nitrogen and oxygen atoms in total. The Morgan fingerprint density at radius 3 is 1.00 bits per heavy atom. The Morgan fingerprint density at radius 2 is 1.00 bits per heavy atom. The number of hydrogen-bond acceptors (Lipinski definition) is 0. The molecule has 0 bridgehead atoms. The summed E-state index contributed by atoms with van der Waals surface area (Å²) in [6.07, 6.45) is 0. The smallest absolute Gasteiger partial charge is 1.00 e. The number of hydrogen-bond donors (Lipinski definition) is 0. The molecular formula is C4H14Cl2NSiTi. The summed E-state index contributed by atoms with van der Waals surface area (Å²) < 4.78 is 0. The fourth-order valence-corrected chi connectivity index (χ4v) is 0. The molecule has 1 N–H and O–H groups in total. The zero-order valence-corrected chi connectivity index (χ0v) is 8.33. The first-order valence-electron chi connectivity index (χ1n) is 1.75. The van der Waals surface area contributed by atoms with Crippen molar-refractivity contribution < 1.29 is 46.5 Å². The molecule has 0 aliphatic heterocycles. The van der Waals surface area contributed by atoms with E-state index in [1.165, 1.54) is 0 Å². The molecule has 0 saturated heterocycles. The van der Waals surface area contributed by atoms with Crippen LogP contribution in [-0.4, -0.2) is 16.5 Å². The molecule has 0 aromatic carbocycles. The summed E-state index contributed by atoms with van der Waals surface area (Å²) in [5, 5.41) is 0. The van der Waals surface area contributed by atoms with Gasteiger partial charge < -0.3 is 30.5 Å². The minimum absolute atomic E-state index is 0. The van der Waals surface area contributed by atoms with Crippen molar-refractivity contribution in [2.24, 2.45) is 0 Å². The Kier molecular flexibility index (Phi) is 42.5. The van der Waals surface area contributed by atoms with E-state index in [4.69, 9.17) is 5.73 Å². The zero-order chi connectivity index (χ0) is 4.50. The maximum Gasteiger partial charge on any atom is 3.00 e. The summed E-state index contributed by atoms with van der Waals surface area (Å²) in [7, 11) is 0. The molecule has 0 heterocycles. The van der Waals surface area contributed by atoms with E-state index in [1.807, 2.05) is 20.8 Å². The van der Waals surface area contributed by atoms with Crippen LogP contribution in [0.4, 0.5) is 0 Å². The topological polar surface area (TPSA) is 23.8 Å². The second-order valence-electron chi connectivity index (χ2n) is 2.25. The first-order chi connectivity index (χ1) is 2.00. The molecule has 0 aliphatic rings. The van der Waals surface area contributed by atoms with E-state index in [1.54, 1.807) is 0 Å². The average Bonchev–Trinajstić information content (AvgIpc) is 0.722. The molecule has 9 heavy (non-hydrogen) atoms. The first-order valence-corrected chi connectivity index (χ1v) is 1.75. The van der Waals surface area contributed by atoms with E-state index in [2.05, 4.69) is 0 Å². The summed E-state index contributed by atoms with van der Waals surface area (Å²) in [4.78, 5) is 0. The molecule has 0 saturated carbocycles. The maximum absolute atomic E-state index is 6.94. The Balaban J connectivity index is -0.0000000133. The van der Waals surface area contributed by atoms with Gasteiger partial charge in [-0.3, -0.25) is 0 Å². The van der Waals surface area contributed by atoms with Gasteiger partial charge in [-0.25, -0.2) is 0 Å². The zero-order valence-electron chi connectivity index (χ0n) is 5.26. The van der Waals surface area contributed by atoms with Gasteiger partial charge in [0.1, 0.15) is 0 Å². The predicted molar refractivity (Wildman–Crippen MR) is 35.4 cm³/mol. The van der Waals surface area contributed by atoms with Crippen molar-refractivity contribution in [3.8, 4) is 0 Å². The van der Waals surface area contributed by atoms with E-state index >= 15 is 0 Å². The van der Waals surface area contributed by atoms with Crippen LogP contribution in [0.2, 0.25) is 0 Å². The van der Waals surface area contributed by atoms with Crippen LogP contribution >= 0.6 is 0 Å². The molecule has 0 atom stereocenters. The van der Waals surface area contributed by atoms with Crippen LogP contribution in [-0.2, 0) is 21.7 Å². The quantitative estimate of drug-likeness (QED) is 0.366. The van der Waals surface area contributed by atoms with E-state index < -0.39 is 0 Å². The third kappa shape index (κ3) is 244. The van der Waals surface area contributed by atoms with Crippen molar-refractivity contribution in [2.75, 3.05) is 0 Å². The van der Waals surface area contributed by atoms with Crippen molar-refractivity contribution in [1.29, 1.82) is 0 Å². The van der Waals surface area contributed by atoms with Crippen LogP contribution in [0.25, 0.3) is 5.73 Å². The second-order valence-corrected chi connectivity index (χ2v) is 2.25. The SMILES string of the molecule is CC(C)(C)[NH-].[Cl-].[Cl-].[SiH4].[Ti+3]. The molecule has 0 unspecified atom stereocenters. The molecule has 0 fully saturated rings. The van der Waals surface area contributed by atoms with Crippen molar-refractivity contribution >= 4 is 11.0 Å². The molecule has 5 heteroatoms. The predicted octanol–water partition coefficient (Wildman–Crippen LogP) is -5.61. The summed E-state index contributed by atoms with van der Waals surface area (Å²) >= 11 is 0. The maximum atomic E-state index is 6.94. The van der Waals surface area contributed by atoms with E-state index in [0.29, 0.717) is 0 Å². The van der Waals surface area contributed by atoms with Gasteiger partial charge in [0.2, 0.25) is 0 Å². The standard InChI is InChI=1S/C4H10N.2ClH.H4Si.Ti/c1-4(2,3)5;;;;/h5H,1-3H3;2*1H;1H4;/q-1;;;;+3/p-2. The molecular weight excluding hydrogens is 209 g/mol. The van der Waals surface area contributed by atoms with Gasteiger partial charge in [-0.05, 0) is 11.0 Å². The van der Waals surface area contributed by atoms with Gasteiger partial charge in [0.15, 0.2) is 0 Å². The minimum Gasteiger partial charge on any atom is -1.00 e. The van der Waals surface area contributed by atoms with E-state index in [-0.39, 0.29) is 63.0 Å². The van der Waals surface area contributed by atoms with Gasteiger partial charge in [-0.1, -0.05) is 20.8 Å². The van der Waals surface area contributed by atoms with Gasteiger partial charge in [-0.15, -0.1) is 5.54 Å². The minimum atomic E-state index is -0.250. The van der Waals surface area contributed by atoms with Gasteiger partial charge >= 0.3 is 21.7 Å². The summed E-state index contributed by atoms with van der Waals surface area (Å²) in [6, 6.07) is 0. The van der Waals surface area contributed by atoms with Crippen LogP contribution in [0, 0.1) is 0 Å². The fourth-order valence-electron chi connectivity index (χ4n) is 0. The molecule has 0 amide bonds. The second kappa shape index (κ2) is 12.2. The number of nitrogens with one attached hydrogen (secondary N) is 1. The first kappa shape index (κ1) is 31.4. The van der Waals surface area contributed by atoms with Crippen molar-refractivity contribution in [3.63, 3.8) is 0 Å². The Bertz CT molecular complexity index is 34.0. The monoisotopic (exact) mass is 222 g/mol. The van der Waals surface area contributed by atoms with Crippen LogP contribution < -0.4 is 24.8 Å². The molecule has 0 aliphatic carbocycles. The van der Waals surface area contributed by atoms with Crippen LogP contribution in [0.3, 0.4) is 0 Å². The normalized spacial score (nSPS) is 6.67. The molecule has 0 aromatic heterocycles. The summed E-state index contributed by atoms with van der Waals surface area (Å²) in [5.41, 5.74) is 6.69. The van der Waals surface area contributed by atoms with Crippen LogP contribution in [0.1, 0.15) is 20.8 Å². The Hall–Kier alpha value is 1.47. The molecule has 0 spiro atoms. The fraction of sp³-hybridized carbons (Fsp3) is 1.00. The van der Waals surface area contributed by atoms with Crippen LogP contribution in [0.5, 0.6) is 0 Å². The van der Waals surface area contributed by atoms with Crippen molar-refractivity contribution in [3.05, 3.63) is 5.73 Å². The van der Waals surface area contributed by atoms with Gasteiger partial charge in [0.25, 0.3) is 0 Å². The number of halogens is 2. The Labute approximate surface area is 89.3 Å². The van der Waals surface area contributed by atoms with Gasteiger partial charge in [0, 0.05) is 0 Å². The number of rotatable bonds is 0. The van der Waals surface area contributed by atoms with Crippen molar-refractivity contribution in [2.45, 2.75) is 26.3 Å².